The highest BCUT2D eigenvalue weighted by atomic mass is 16.5. The molecule has 0 saturated heterocycles. The Morgan fingerprint density at radius 2 is 1.50 bits per heavy atom. The zero-order valence-corrected chi connectivity index (χ0v) is 17.8. The van der Waals surface area contributed by atoms with Crippen LogP contribution in [0.3, 0.4) is 0 Å². The lowest BCUT2D eigenvalue weighted by Crippen LogP contribution is -2.48. The first-order chi connectivity index (χ1) is 13.1. The van der Waals surface area contributed by atoms with E-state index in [0.29, 0.717) is 11.3 Å². The van der Waals surface area contributed by atoms with Crippen LogP contribution in [0.2, 0.25) is 0 Å². The van der Waals surface area contributed by atoms with Gasteiger partial charge < -0.3 is 19.7 Å². The molecule has 1 aromatic rings. The quantitative estimate of drug-likeness (QED) is 0.653. The van der Waals surface area contributed by atoms with Crippen LogP contribution in [0.25, 0.3) is 0 Å². The second-order valence-electron chi connectivity index (χ2n) is 7.52. The average Bonchev–Trinajstić information content (AvgIpc) is 2.63. The van der Waals surface area contributed by atoms with E-state index >= 15 is 0 Å². The topological polar surface area (TPSA) is 84.9 Å². The van der Waals surface area contributed by atoms with Crippen LogP contribution in [0.5, 0.6) is 5.75 Å². The van der Waals surface area contributed by atoms with Gasteiger partial charge in [-0.1, -0.05) is 13.8 Å². The normalized spacial score (nSPS) is 12.1. The van der Waals surface area contributed by atoms with E-state index in [2.05, 4.69) is 5.32 Å². The van der Waals surface area contributed by atoms with Crippen molar-refractivity contribution in [2.75, 3.05) is 13.7 Å². The molecule has 1 aromatic carbocycles. The van der Waals surface area contributed by atoms with Gasteiger partial charge in [-0.15, -0.1) is 0 Å². The Bertz CT molecular complexity index is 660. The molecule has 7 nitrogen and oxygen atoms in total. The van der Waals surface area contributed by atoms with E-state index in [9.17, 15) is 14.4 Å². The van der Waals surface area contributed by atoms with E-state index in [-0.39, 0.29) is 30.5 Å². The molecule has 7 heteroatoms. The highest BCUT2D eigenvalue weighted by Crippen LogP contribution is 2.13. The number of rotatable bonds is 9. The lowest BCUT2D eigenvalue weighted by Gasteiger charge is -2.30. The van der Waals surface area contributed by atoms with Crippen molar-refractivity contribution in [1.29, 1.82) is 0 Å². The number of esters is 1. The third kappa shape index (κ3) is 6.55. The monoisotopic (exact) mass is 392 g/mol. The lowest BCUT2D eigenvalue weighted by atomic mass is 10.0. The summed E-state index contributed by atoms with van der Waals surface area (Å²) in [6.07, 6.45) is 0. The molecule has 0 aliphatic carbocycles. The first-order valence-corrected chi connectivity index (χ1v) is 9.51. The number of carbonyl (C=O) groups is 3. The predicted octanol–water partition coefficient (Wildman–Crippen LogP) is 2.64. The maximum absolute atomic E-state index is 12.5. The summed E-state index contributed by atoms with van der Waals surface area (Å²) in [4.78, 5) is 39.0. The van der Waals surface area contributed by atoms with Gasteiger partial charge in [0.05, 0.1) is 7.11 Å². The van der Waals surface area contributed by atoms with Crippen LogP contribution in [0.4, 0.5) is 0 Å². The minimum Gasteiger partial charge on any atom is -0.497 e. The molecule has 28 heavy (non-hydrogen) atoms. The van der Waals surface area contributed by atoms with Crippen molar-refractivity contribution in [1.82, 2.24) is 10.2 Å². The Balaban J connectivity index is 2.75. The first-order valence-electron chi connectivity index (χ1n) is 9.51. The average molecular weight is 392 g/mol. The number of methoxy groups -OCH3 is 1. The van der Waals surface area contributed by atoms with E-state index in [1.54, 1.807) is 50.1 Å². The van der Waals surface area contributed by atoms with Crippen LogP contribution in [-0.2, 0) is 14.3 Å². The van der Waals surface area contributed by atoms with E-state index in [1.807, 2.05) is 27.7 Å². The first kappa shape index (κ1) is 23.5. The molecule has 156 valence electrons. The molecule has 1 atom stereocenters. The summed E-state index contributed by atoms with van der Waals surface area (Å²) in [6.45, 7) is 10.9. The van der Waals surface area contributed by atoms with Crippen LogP contribution in [-0.4, -0.2) is 54.5 Å². The van der Waals surface area contributed by atoms with Crippen molar-refractivity contribution in [2.45, 2.75) is 59.7 Å². The van der Waals surface area contributed by atoms with E-state index in [0.717, 1.165) is 0 Å². The van der Waals surface area contributed by atoms with E-state index in [1.165, 1.54) is 0 Å². The zero-order valence-electron chi connectivity index (χ0n) is 17.8. The van der Waals surface area contributed by atoms with Crippen molar-refractivity contribution in [2.24, 2.45) is 5.92 Å². The SMILES string of the molecule is COc1ccc(C(=O)N[C@H](C(=O)OCC(=O)N(C(C)C)C(C)C)C(C)C)cc1. The highest BCUT2D eigenvalue weighted by Gasteiger charge is 2.28. The maximum atomic E-state index is 12.5. The van der Waals surface area contributed by atoms with E-state index < -0.39 is 17.9 Å². The number of nitrogens with zero attached hydrogens (tertiary/aromatic N) is 1. The smallest absolute Gasteiger partial charge is 0.329 e. The highest BCUT2D eigenvalue weighted by molar-refractivity contribution is 5.97. The molecule has 0 heterocycles. The van der Waals surface area contributed by atoms with Gasteiger partial charge in [0.25, 0.3) is 11.8 Å². The maximum Gasteiger partial charge on any atom is 0.329 e. The summed E-state index contributed by atoms with van der Waals surface area (Å²) >= 11 is 0. The fraction of sp³-hybridized carbons (Fsp3) is 0.571. The van der Waals surface area contributed by atoms with E-state index in [4.69, 9.17) is 9.47 Å². The molecular weight excluding hydrogens is 360 g/mol. The van der Waals surface area contributed by atoms with Gasteiger partial charge in [0.15, 0.2) is 6.61 Å². The molecule has 0 bridgehead atoms. The minimum atomic E-state index is -0.853. The third-order valence-corrected chi connectivity index (χ3v) is 4.30. The number of amides is 2. The molecule has 0 spiro atoms. The molecular formula is C21H32N2O5. The largest absolute Gasteiger partial charge is 0.497 e. The summed E-state index contributed by atoms with van der Waals surface area (Å²) in [5, 5.41) is 2.69. The predicted molar refractivity (Wildman–Crippen MR) is 107 cm³/mol. The van der Waals surface area contributed by atoms with Crippen LogP contribution in [0.1, 0.15) is 51.9 Å². The zero-order chi connectivity index (χ0) is 21.4. The van der Waals surface area contributed by atoms with Crippen molar-refractivity contribution in [3.8, 4) is 5.75 Å². The Labute approximate surface area is 167 Å². The lowest BCUT2D eigenvalue weighted by molar-refractivity contribution is -0.155. The van der Waals surface area contributed by atoms with Crippen LogP contribution >= 0.6 is 0 Å². The van der Waals surface area contributed by atoms with Gasteiger partial charge in [0.2, 0.25) is 0 Å². The molecule has 0 aromatic heterocycles. The molecule has 0 fully saturated rings. The van der Waals surface area contributed by atoms with Crippen molar-refractivity contribution < 1.29 is 23.9 Å². The second-order valence-corrected chi connectivity index (χ2v) is 7.52. The number of carbonyl (C=O) groups excluding carboxylic acids is 3. The standard InChI is InChI=1S/C21H32N2O5/c1-13(2)19(22-20(25)16-8-10-17(27-7)11-9-16)21(26)28-12-18(24)23(14(3)4)15(5)6/h8-11,13-15,19H,12H2,1-7H3,(H,22,25)/t19-/m0/s1. The van der Waals surface area contributed by atoms with Gasteiger partial charge in [0.1, 0.15) is 11.8 Å². The van der Waals surface area contributed by atoms with Gasteiger partial charge in [-0.3, -0.25) is 9.59 Å². The number of nitrogens with one attached hydrogen (secondary N) is 1. The number of benzene rings is 1. The Morgan fingerprint density at radius 1 is 0.964 bits per heavy atom. The summed E-state index contributed by atoms with van der Waals surface area (Å²) in [5.41, 5.74) is 0.404. The summed E-state index contributed by atoms with van der Waals surface area (Å²) < 4.78 is 10.3. The fourth-order valence-electron chi connectivity index (χ4n) is 2.93. The summed E-state index contributed by atoms with van der Waals surface area (Å²) in [7, 11) is 1.54. The van der Waals surface area contributed by atoms with Crippen molar-refractivity contribution in [3.63, 3.8) is 0 Å². The molecule has 1 rings (SSSR count). The van der Waals surface area contributed by atoms with Crippen LogP contribution < -0.4 is 10.1 Å². The van der Waals surface area contributed by atoms with Crippen molar-refractivity contribution in [3.05, 3.63) is 29.8 Å². The number of ether oxygens (including phenoxy) is 2. The molecule has 2 amide bonds. The van der Waals surface area contributed by atoms with Crippen LogP contribution in [0.15, 0.2) is 24.3 Å². The van der Waals surface area contributed by atoms with Crippen molar-refractivity contribution >= 4 is 17.8 Å². The molecule has 0 saturated carbocycles. The molecule has 0 aliphatic heterocycles. The van der Waals surface area contributed by atoms with Gasteiger partial charge >= 0.3 is 5.97 Å². The number of hydrogen-bond acceptors (Lipinski definition) is 5. The second kappa shape index (κ2) is 10.7. The minimum absolute atomic E-state index is 0.00173. The van der Waals surface area contributed by atoms with Gasteiger partial charge in [0, 0.05) is 17.6 Å². The van der Waals surface area contributed by atoms with Gasteiger partial charge in [-0.2, -0.15) is 0 Å². The molecule has 1 N–H and O–H groups in total. The van der Waals surface area contributed by atoms with Gasteiger partial charge in [-0.05, 0) is 57.9 Å². The van der Waals surface area contributed by atoms with Gasteiger partial charge in [-0.25, -0.2) is 4.79 Å². The number of hydrogen-bond donors (Lipinski definition) is 1. The Kier molecular flexibility index (Phi) is 8.96. The molecule has 0 unspecified atom stereocenters. The summed E-state index contributed by atoms with van der Waals surface area (Å²) in [5.74, 6) is -0.846. The Morgan fingerprint density at radius 3 is 1.93 bits per heavy atom. The molecule has 0 radical (unpaired) electrons. The Hall–Kier alpha value is -2.57. The van der Waals surface area contributed by atoms with Crippen LogP contribution in [0, 0.1) is 5.92 Å². The third-order valence-electron chi connectivity index (χ3n) is 4.30. The summed E-state index contributed by atoms with van der Waals surface area (Å²) in [6, 6.07) is 5.72. The molecule has 0 aliphatic rings. The fourth-order valence-corrected chi connectivity index (χ4v) is 2.93.